The number of fused-ring (bicyclic) bond motifs is 1. The monoisotopic (exact) mass is 344 g/mol. The SMILES string of the molecule is CC(C)c1cccc(NC(=O)CN2C(C(=O)O)CC3CCCCC32)c1. The minimum Gasteiger partial charge on any atom is -0.480 e. The van der Waals surface area contributed by atoms with Crippen molar-refractivity contribution in [1.29, 1.82) is 0 Å². The minimum atomic E-state index is -0.802. The van der Waals surface area contributed by atoms with Crippen LogP contribution in [0.3, 0.4) is 0 Å². The average Bonchev–Trinajstić information content (AvgIpc) is 2.94. The van der Waals surface area contributed by atoms with Crippen molar-refractivity contribution in [1.82, 2.24) is 4.90 Å². The van der Waals surface area contributed by atoms with Gasteiger partial charge in [-0.15, -0.1) is 0 Å². The molecule has 2 fully saturated rings. The molecular formula is C20H28N2O3. The van der Waals surface area contributed by atoms with Crippen molar-refractivity contribution in [2.45, 2.75) is 64.0 Å². The van der Waals surface area contributed by atoms with E-state index in [1.54, 1.807) is 0 Å². The molecule has 0 bridgehead atoms. The van der Waals surface area contributed by atoms with Gasteiger partial charge in [-0.2, -0.15) is 0 Å². The van der Waals surface area contributed by atoms with Crippen LogP contribution in [-0.4, -0.2) is 40.5 Å². The third-order valence-electron chi connectivity index (χ3n) is 5.67. The van der Waals surface area contributed by atoms with Gasteiger partial charge in [0.1, 0.15) is 6.04 Å². The fraction of sp³-hybridized carbons (Fsp3) is 0.600. The first kappa shape index (κ1) is 17.9. The summed E-state index contributed by atoms with van der Waals surface area (Å²) >= 11 is 0. The summed E-state index contributed by atoms with van der Waals surface area (Å²) in [6, 6.07) is 7.58. The molecule has 1 aliphatic heterocycles. The molecule has 136 valence electrons. The van der Waals surface area contributed by atoms with E-state index in [-0.39, 0.29) is 18.5 Å². The lowest BCUT2D eigenvalue weighted by Crippen LogP contribution is -2.46. The summed E-state index contributed by atoms with van der Waals surface area (Å²) in [4.78, 5) is 26.1. The molecule has 3 rings (SSSR count). The topological polar surface area (TPSA) is 69.6 Å². The summed E-state index contributed by atoms with van der Waals surface area (Å²) in [7, 11) is 0. The number of carbonyl (C=O) groups is 2. The maximum atomic E-state index is 12.5. The van der Waals surface area contributed by atoms with Crippen molar-refractivity contribution in [2.24, 2.45) is 5.92 Å². The van der Waals surface area contributed by atoms with Crippen LogP contribution in [0.4, 0.5) is 5.69 Å². The van der Waals surface area contributed by atoms with Crippen LogP contribution in [0.5, 0.6) is 0 Å². The van der Waals surface area contributed by atoms with Gasteiger partial charge in [0.25, 0.3) is 0 Å². The molecule has 5 nitrogen and oxygen atoms in total. The van der Waals surface area contributed by atoms with E-state index in [2.05, 4.69) is 19.2 Å². The first-order valence-electron chi connectivity index (χ1n) is 9.34. The predicted molar refractivity (Wildman–Crippen MR) is 97.7 cm³/mol. The number of nitrogens with zero attached hydrogens (tertiary/aromatic N) is 1. The average molecular weight is 344 g/mol. The lowest BCUT2D eigenvalue weighted by molar-refractivity contribution is -0.143. The Hall–Kier alpha value is -1.88. The highest BCUT2D eigenvalue weighted by molar-refractivity contribution is 5.92. The molecule has 1 heterocycles. The highest BCUT2D eigenvalue weighted by atomic mass is 16.4. The van der Waals surface area contributed by atoms with Crippen LogP contribution < -0.4 is 5.32 Å². The second-order valence-corrected chi connectivity index (χ2v) is 7.70. The lowest BCUT2D eigenvalue weighted by atomic mass is 9.85. The molecule has 1 aromatic carbocycles. The van der Waals surface area contributed by atoms with E-state index >= 15 is 0 Å². The molecule has 1 saturated heterocycles. The van der Waals surface area contributed by atoms with Gasteiger partial charge in [0.05, 0.1) is 6.54 Å². The first-order valence-corrected chi connectivity index (χ1v) is 9.34. The fourth-order valence-corrected chi connectivity index (χ4v) is 4.36. The van der Waals surface area contributed by atoms with Crippen LogP contribution in [-0.2, 0) is 9.59 Å². The molecule has 2 N–H and O–H groups in total. The number of aliphatic carboxylic acids is 1. The van der Waals surface area contributed by atoms with Crippen LogP contribution in [0.1, 0.15) is 57.4 Å². The van der Waals surface area contributed by atoms with E-state index in [4.69, 9.17) is 0 Å². The van der Waals surface area contributed by atoms with Crippen LogP contribution >= 0.6 is 0 Å². The number of carboxylic acids is 1. The number of hydrogen-bond acceptors (Lipinski definition) is 3. The maximum Gasteiger partial charge on any atom is 0.320 e. The molecule has 1 aliphatic carbocycles. The first-order chi connectivity index (χ1) is 12.0. The largest absolute Gasteiger partial charge is 0.480 e. The van der Waals surface area contributed by atoms with Crippen molar-refractivity contribution in [2.75, 3.05) is 11.9 Å². The van der Waals surface area contributed by atoms with Gasteiger partial charge in [0.15, 0.2) is 0 Å². The zero-order valence-electron chi connectivity index (χ0n) is 15.1. The Balaban J connectivity index is 1.68. The normalized spacial score (nSPS) is 26.4. The molecule has 1 aromatic rings. The summed E-state index contributed by atoms with van der Waals surface area (Å²) in [5.74, 6) is -0.107. The van der Waals surface area contributed by atoms with E-state index in [0.717, 1.165) is 24.9 Å². The summed E-state index contributed by atoms with van der Waals surface area (Å²) in [5, 5.41) is 12.5. The Bertz CT molecular complexity index is 644. The predicted octanol–water partition coefficient (Wildman–Crippen LogP) is 3.47. The van der Waals surface area contributed by atoms with Crippen LogP contribution in [0.15, 0.2) is 24.3 Å². The molecule has 2 aliphatic rings. The fourth-order valence-electron chi connectivity index (χ4n) is 4.36. The second-order valence-electron chi connectivity index (χ2n) is 7.70. The van der Waals surface area contributed by atoms with Gasteiger partial charge in [-0.05, 0) is 48.8 Å². The number of carbonyl (C=O) groups excluding carboxylic acids is 1. The molecular weight excluding hydrogens is 316 g/mol. The van der Waals surface area contributed by atoms with Gasteiger partial charge in [-0.3, -0.25) is 14.5 Å². The number of hydrogen-bond donors (Lipinski definition) is 2. The third-order valence-corrected chi connectivity index (χ3v) is 5.67. The highest BCUT2D eigenvalue weighted by Crippen LogP contribution is 2.39. The number of benzene rings is 1. The van der Waals surface area contributed by atoms with Crippen LogP contribution in [0.25, 0.3) is 0 Å². The summed E-state index contributed by atoms with van der Waals surface area (Å²) in [6.45, 7) is 4.39. The van der Waals surface area contributed by atoms with Gasteiger partial charge in [0, 0.05) is 11.7 Å². The van der Waals surface area contributed by atoms with Crippen LogP contribution in [0.2, 0.25) is 0 Å². The maximum absolute atomic E-state index is 12.5. The Morgan fingerprint density at radius 3 is 2.76 bits per heavy atom. The van der Waals surface area contributed by atoms with E-state index in [1.165, 1.54) is 12.0 Å². The number of carboxylic acid groups (broad SMARTS) is 1. The smallest absolute Gasteiger partial charge is 0.320 e. The van der Waals surface area contributed by atoms with Crippen molar-refractivity contribution in [3.63, 3.8) is 0 Å². The summed E-state index contributed by atoms with van der Waals surface area (Å²) in [5.41, 5.74) is 1.96. The molecule has 0 radical (unpaired) electrons. The van der Waals surface area contributed by atoms with Gasteiger partial charge in [-0.1, -0.05) is 38.8 Å². The number of rotatable bonds is 5. The molecule has 3 atom stereocenters. The number of amides is 1. The van der Waals surface area contributed by atoms with Crippen molar-refractivity contribution < 1.29 is 14.7 Å². The Morgan fingerprint density at radius 2 is 2.04 bits per heavy atom. The third kappa shape index (κ3) is 4.03. The molecule has 0 aromatic heterocycles. The summed E-state index contributed by atoms with van der Waals surface area (Å²) < 4.78 is 0. The molecule has 0 spiro atoms. The number of nitrogens with one attached hydrogen (secondary N) is 1. The Labute approximate surface area is 149 Å². The van der Waals surface area contributed by atoms with Crippen molar-refractivity contribution >= 4 is 17.6 Å². The van der Waals surface area contributed by atoms with E-state index < -0.39 is 12.0 Å². The molecule has 5 heteroatoms. The van der Waals surface area contributed by atoms with E-state index in [1.807, 2.05) is 29.2 Å². The summed E-state index contributed by atoms with van der Waals surface area (Å²) in [6.07, 6.45) is 5.07. The molecule has 1 saturated carbocycles. The quantitative estimate of drug-likeness (QED) is 0.858. The Kier molecular flexibility index (Phi) is 5.42. The van der Waals surface area contributed by atoms with E-state index in [0.29, 0.717) is 18.3 Å². The van der Waals surface area contributed by atoms with Gasteiger partial charge >= 0.3 is 5.97 Å². The van der Waals surface area contributed by atoms with Crippen molar-refractivity contribution in [3.05, 3.63) is 29.8 Å². The lowest BCUT2D eigenvalue weighted by Gasteiger charge is -2.32. The highest BCUT2D eigenvalue weighted by Gasteiger charge is 2.45. The Morgan fingerprint density at radius 1 is 1.28 bits per heavy atom. The molecule has 3 unspecified atom stereocenters. The van der Waals surface area contributed by atoms with Gasteiger partial charge in [-0.25, -0.2) is 0 Å². The van der Waals surface area contributed by atoms with Gasteiger partial charge < -0.3 is 10.4 Å². The van der Waals surface area contributed by atoms with Gasteiger partial charge in [0.2, 0.25) is 5.91 Å². The number of likely N-dealkylation sites (tertiary alicyclic amines) is 1. The number of anilines is 1. The minimum absolute atomic E-state index is 0.127. The van der Waals surface area contributed by atoms with E-state index in [9.17, 15) is 14.7 Å². The second kappa shape index (κ2) is 7.56. The van der Waals surface area contributed by atoms with Crippen LogP contribution in [0, 0.1) is 5.92 Å². The van der Waals surface area contributed by atoms with Crippen molar-refractivity contribution in [3.8, 4) is 0 Å². The standard InChI is InChI=1S/C20H28N2O3/c1-13(2)14-7-5-8-16(10-14)21-19(23)12-22-17-9-4-3-6-15(17)11-18(22)20(24)25/h5,7-8,10,13,15,17-18H,3-4,6,9,11-12H2,1-2H3,(H,21,23)(H,24,25). The zero-order chi connectivity index (χ0) is 18.0. The molecule has 25 heavy (non-hydrogen) atoms. The molecule has 1 amide bonds. The zero-order valence-corrected chi connectivity index (χ0v) is 15.1.